The molecule has 1 rings (SSSR count). The summed E-state index contributed by atoms with van der Waals surface area (Å²) in [6.45, 7) is 3.01. The monoisotopic (exact) mass is 260 g/mol. The third kappa shape index (κ3) is 2.45. The highest BCUT2D eigenvalue weighted by Gasteiger charge is 2.60. The molecule has 1 atom stereocenters. The Morgan fingerprint density at radius 1 is 1.22 bits per heavy atom. The van der Waals surface area contributed by atoms with Crippen molar-refractivity contribution in [1.82, 2.24) is 0 Å². The minimum Gasteiger partial charge on any atom is -0.481 e. The zero-order valence-corrected chi connectivity index (χ0v) is 10.3. The lowest BCUT2D eigenvalue weighted by molar-refractivity contribution is -0.209. The van der Waals surface area contributed by atoms with Crippen molar-refractivity contribution in [2.24, 2.45) is 11.3 Å². The smallest absolute Gasteiger partial charge is 0.321 e. The van der Waals surface area contributed by atoms with Crippen LogP contribution < -0.4 is 0 Å². The molecule has 0 aliphatic carbocycles. The fourth-order valence-electron chi connectivity index (χ4n) is 1.79. The van der Waals surface area contributed by atoms with Crippen LogP contribution in [0.15, 0.2) is 0 Å². The average molecular weight is 260 g/mol. The fourth-order valence-corrected chi connectivity index (χ4v) is 1.79. The molecule has 1 fully saturated rings. The van der Waals surface area contributed by atoms with Gasteiger partial charge in [-0.2, -0.15) is 0 Å². The Balaban J connectivity index is 2.97. The molecule has 0 aromatic heterocycles. The standard InChI is InChI=1S/C11H16O7/c1-3-17-9(14)7(8(12)13)11(5-16-6-11)10(15)18-4-2/h7H,3-6H2,1-2H3,(H,12,13). The van der Waals surface area contributed by atoms with Crippen molar-refractivity contribution in [3.8, 4) is 0 Å². The summed E-state index contributed by atoms with van der Waals surface area (Å²) < 4.78 is 14.4. The van der Waals surface area contributed by atoms with E-state index in [1.165, 1.54) is 0 Å². The van der Waals surface area contributed by atoms with Crippen LogP contribution in [0.5, 0.6) is 0 Å². The van der Waals surface area contributed by atoms with Crippen molar-refractivity contribution >= 4 is 17.9 Å². The van der Waals surface area contributed by atoms with Gasteiger partial charge in [0.1, 0.15) is 5.41 Å². The zero-order valence-electron chi connectivity index (χ0n) is 10.3. The first kappa shape index (κ1) is 14.4. The Hall–Kier alpha value is -1.63. The average Bonchev–Trinajstić information content (AvgIpc) is 2.22. The van der Waals surface area contributed by atoms with Crippen LogP contribution in [0.3, 0.4) is 0 Å². The maximum Gasteiger partial charge on any atom is 0.321 e. The number of carboxylic acids is 1. The molecule has 0 spiro atoms. The number of ether oxygens (including phenoxy) is 3. The summed E-state index contributed by atoms with van der Waals surface area (Å²) in [6.07, 6.45) is 0. The summed E-state index contributed by atoms with van der Waals surface area (Å²) in [5, 5.41) is 9.12. The van der Waals surface area contributed by atoms with Gasteiger partial charge >= 0.3 is 17.9 Å². The first-order chi connectivity index (χ1) is 8.49. The fraction of sp³-hybridized carbons (Fsp3) is 0.727. The first-order valence-corrected chi connectivity index (χ1v) is 5.64. The maximum atomic E-state index is 11.8. The minimum absolute atomic E-state index is 0.0440. The van der Waals surface area contributed by atoms with Gasteiger partial charge < -0.3 is 19.3 Å². The summed E-state index contributed by atoms with van der Waals surface area (Å²) >= 11 is 0. The van der Waals surface area contributed by atoms with Gasteiger partial charge in [-0.3, -0.25) is 14.4 Å². The molecule has 1 N–H and O–H groups in total. The normalized spacial score (nSPS) is 18.3. The molecule has 0 amide bonds. The van der Waals surface area contributed by atoms with E-state index in [4.69, 9.17) is 19.3 Å². The van der Waals surface area contributed by atoms with E-state index < -0.39 is 29.2 Å². The van der Waals surface area contributed by atoms with Crippen LogP contribution in [-0.2, 0) is 28.6 Å². The predicted molar refractivity (Wildman–Crippen MR) is 57.6 cm³/mol. The second-order valence-corrected chi connectivity index (χ2v) is 3.89. The highest BCUT2D eigenvalue weighted by Crippen LogP contribution is 2.38. The van der Waals surface area contributed by atoms with E-state index in [9.17, 15) is 14.4 Å². The van der Waals surface area contributed by atoms with E-state index in [2.05, 4.69) is 0 Å². The van der Waals surface area contributed by atoms with Gasteiger partial charge in [0.2, 0.25) is 0 Å². The van der Waals surface area contributed by atoms with Crippen LogP contribution in [0.25, 0.3) is 0 Å². The molecule has 0 bridgehead atoms. The molecule has 102 valence electrons. The second-order valence-electron chi connectivity index (χ2n) is 3.89. The van der Waals surface area contributed by atoms with Crippen molar-refractivity contribution in [3.05, 3.63) is 0 Å². The van der Waals surface area contributed by atoms with E-state index in [-0.39, 0.29) is 26.4 Å². The first-order valence-electron chi connectivity index (χ1n) is 5.64. The topological polar surface area (TPSA) is 99.1 Å². The van der Waals surface area contributed by atoms with Crippen molar-refractivity contribution in [2.75, 3.05) is 26.4 Å². The predicted octanol–water partition coefficient (Wildman–Crippen LogP) is -0.170. The second kappa shape index (κ2) is 5.81. The number of esters is 2. The van der Waals surface area contributed by atoms with Gasteiger partial charge in [0.15, 0.2) is 5.92 Å². The van der Waals surface area contributed by atoms with Gasteiger partial charge in [-0.15, -0.1) is 0 Å². The molecule has 1 unspecified atom stereocenters. The third-order valence-corrected chi connectivity index (χ3v) is 2.72. The van der Waals surface area contributed by atoms with Gasteiger partial charge in [-0.1, -0.05) is 0 Å². The van der Waals surface area contributed by atoms with Crippen LogP contribution in [-0.4, -0.2) is 49.4 Å². The van der Waals surface area contributed by atoms with E-state index in [1.807, 2.05) is 0 Å². The summed E-state index contributed by atoms with van der Waals surface area (Å²) in [7, 11) is 0. The Kier molecular flexibility index (Phi) is 4.66. The molecule has 1 heterocycles. The lowest BCUT2D eigenvalue weighted by atomic mass is 9.73. The van der Waals surface area contributed by atoms with Crippen LogP contribution in [0, 0.1) is 11.3 Å². The zero-order chi connectivity index (χ0) is 13.8. The Morgan fingerprint density at radius 3 is 2.11 bits per heavy atom. The van der Waals surface area contributed by atoms with Gasteiger partial charge in [-0.05, 0) is 13.8 Å². The molecule has 0 saturated carbocycles. The summed E-state index contributed by atoms with van der Waals surface area (Å²) in [5.41, 5.74) is -1.46. The van der Waals surface area contributed by atoms with E-state index in [0.717, 1.165) is 0 Å². The number of carbonyl (C=O) groups is 3. The van der Waals surface area contributed by atoms with Gasteiger partial charge in [0.05, 0.1) is 26.4 Å². The minimum atomic E-state index is -1.59. The molecular formula is C11H16O7. The lowest BCUT2D eigenvalue weighted by Crippen LogP contribution is -2.59. The third-order valence-electron chi connectivity index (χ3n) is 2.72. The number of rotatable bonds is 6. The van der Waals surface area contributed by atoms with Crippen LogP contribution in [0.2, 0.25) is 0 Å². The quantitative estimate of drug-likeness (QED) is 0.522. The molecule has 0 aromatic rings. The van der Waals surface area contributed by atoms with E-state index in [1.54, 1.807) is 13.8 Å². The van der Waals surface area contributed by atoms with Crippen molar-refractivity contribution < 1.29 is 33.7 Å². The Morgan fingerprint density at radius 2 is 1.78 bits per heavy atom. The summed E-state index contributed by atoms with van der Waals surface area (Å²) in [5.74, 6) is -4.69. The molecule has 7 heteroatoms. The van der Waals surface area contributed by atoms with E-state index in [0.29, 0.717) is 0 Å². The van der Waals surface area contributed by atoms with Crippen molar-refractivity contribution in [3.63, 3.8) is 0 Å². The van der Waals surface area contributed by atoms with Crippen molar-refractivity contribution in [1.29, 1.82) is 0 Å². The van der Waals surface area contributed by atoms with E-state index >= 15 is 0 Å². The molecule has 1 aliphatic rings. The molecule has 1 aliphatic heterocycles. The van der Waals surface area contributed by atoms with Crippen molar-refractivity contribution in [2.45, 2.75) is 13.8 Å². The number of hydrogen-bond acceptors (Lipinski definition) is 6. The van der Waals surface area contributed by atoms with Gasteiger partial charge in [0.25, 0.3) is 0 Å². The van der Waals surface area contributed by atoms with Gasteiger partial charge in [0, 0.05) is 0 Å². The molecule has 0 aromatic carbocycles. The molecule has 0 radical (unpaired) electrons. The molecule has 7 nitrogen and oxygen atoms in total. The maximum absolute atomic E-state index is 11.8. The number of carbonyl (C=O) groups excluding carboxylic acids is 2. The SMILES string of the molecule is CCOC(=O)C(C(=O)O)C1(C(=O)OCC)COC1. The Bertz CT molecular complexity index is 345. The Labute approximate surface area is 104 Å². The lowest BCUT2D eigenvalue weighted by Gasteiger charge is -2.41. The molecule has 1 saturated heterocycles. The van der Waals surface area contributed by atoms with Crippen LogP contribution >= 0.6 is 0 Å². The number of carboxylic acid groups (broad SMARTS) is 1. The summed E-state index contributed by atoms with van der Waals surface area (Å²) in [4.78, 5) is 34.7. The highest BCUT2D eigenvalue weighted by atomic mass is 16.6. The largest absolute Gasteiger partial charge is 0.481 e. The number of aliphatic carboxylic acids is 1. The van der Waals surface area contributed by atoms with Crippen LogP contribution in [0.4, 0.5) is 0 Å². The van der Waals surface area contributed by atoms with Gasteiger partial charge in [-0.25, -0.2) is 0 Å². The molecule has 18 heavy (non-hydrogen) atoms. The summed E-state index contributed by atoms with van der Waals surface area (Å²) in [6, 6.07) is 0. The number of hydrogen-bond donors (Lipinski definition) is 1. The highest BCUT2D eigenvalue weighted by molar-refractivity contribution is 6.00. The van der Waals surface area contributed by atoms with Crippen LogP contribution in [0.1, 0.15) is 13.8 Å². The molecular weight excluding hydrogens is 244 g/mol.